The minimum atomic E-state index is -0.389. The number of aliphatic hydroxyl groups is 1. The Hall–Kier alpha value is -1.65. The second kappa shape index (κ2) is 6.10. The van der Waals surface area contributed by atoms with E-state index in [1.807, 2.05) is 42.1 Å². The average molecular weight is 313 g/mol. The molecule has 1 aliphatic carbocycles. The SMILES string of the molecule is Cc1nn(C)c(C)c1C(C)NCC1(C(O)c2ccccc2)CC1. The van der Waals surface area contributed by atoms with Gasteiger partial charge in [-0.2, -0.15) is 5.10 Å². The largest absolute Gasteiger partial charge is 0.388 e. The maximum atomic E-state index is 10.8. The highest BCUT2D eigenvalue weighted by Crippen LogP contribution is 2.54. The molecule has 0 amide bonds. The number of rotatable bonds is 6. The smallest absolute Gasteiger partial charge is 0.0858 e. The van der Waals surface area contributed by atoms with E-state index in [0.717, 1.165) is 30.6 Å². The second-order valence-electron chi connectivity index (χ2n) is 6.99. The van der Waals surface area contributed by atoms with Crippen molar-refractivity contribution >= 4 is 0 Å². The Labute approximate surface area is 138 Å². The van der Waals surface area contributed by atoms with Gasteiger partial charge in [0.05, 0.1) is 11.8 Å². The van der Waals surface area contributed by atoms with Gasteiger partial charge in [-0.3, -0.25) is 4.68 Å². The molecule has 1 aromatic heterocycles. The summed E-state index contributed by atoms with van der Waals surface area (Å²) < 4.78 is 1.94. The first-order valence-electron chi connectivity index (χ1n) is 8.41. The van der Waals surface area contributed by atoms with Gasteiger partial charge < -0.3 is 10.4 Å². The quantitative estimate of drug-likeness (QED) is 0.861. The van der Waals surface area contributed by atoms with Crippen molar-refractivity contribution in [3.05, 3.63) is 52.8 Å². The predicted molar refractivity (Wildman–Crippen MR) is 92.2 cm³/mol. The lowest BCUT2D eigenvalue weighted by molar-refractivity contribution is 0.0903. The van der Waals surface area contributed by atoms with E-state index >= 15 is 0 Å². The van der Waals surface area contributed by atoms with Crippen molar-refractivity contribution in [2.24, 2.45) is 12.5 Å². The zero-order valence-electron chi connectivity index (χ0n) is 14.5. The molecule has 4 nitrogen and oxygen atoms in total. The molecule has 3 rings (SSSR count). The molecule has 1 aliphatic rings. The summed E-state index contributed by atoms with van der Waals surface area (Å²) in [4.78, 5) is 0. The van der Waals surface area contributed by atoms with Crippen LogP contribution in [0.2, 0.25) is 0 Å². The van der Waals surface area contributed by atoms with E-state index in [4.69, 9.17) is 0 Å². The molecule has 4 heteroatoms. The van der Waals surface area contributed by atoms with Gasteiger partial charge in [-0.1, -0.05) is 30.3 Å². The molecular weight excluding hydrogens is 286 g/mol. The fourth-order valence-corrected chi connectivity index (χ4v) is 3.57. The van der Waals surface area contributed by atoms with Gasteiger partial charge in [0, 0.05) is 36.3 Å². The van der Waals surface area contributed by atoms with Gasteiger partial charge in [-0.05, 0) is 39.2 Å². The number of nitrogens with zero attached hydrogens (tertiary/aromatic N) is 2. The molecule has 2 unspecified atom stereocenters. The number of benzene rings is 1. The van der Waals surface area contributed by atoms with Crippen molar-refractivity contribution < 1.29 is 5.11 Å². The molecule has 2 aromatic rings. The number of aromatic nitrogens is 2. The van der Waals surface area contributed by atoms with Crippen LogP contribution >= 0.6 is 0 Å². The molecule has 23 heavy (non-hydrogen) atoms. The fourth-order valence-electron chi connectivity index (χ4n) is 3.57. The number of nitrogens with one attached hydrogen (secondary N) is 1. The number of aryl methyl sites for hydroxylation is 2. The first-order chi connectivity index (χ1) is 10.9. The summed E-state index contributed by atoms with van der Waals surface area (Å²) in [6.45, 7) is 7.19. The Bertz CT molecular complexity index is 673. The third kappa shape index (κ3) is 3.06. The summed E-state index contributed by atoms with van der Waals surface area (Å²) >= 11 is 0. The van der Waals surface area contributed by atoms with Crippen LogP contribution in [0.5, 0.6) is 0 Å². The molecule has 124 valence electrons. The van der Waals surface area contributed by atoms with Crippen molar-refractivity contribution in [2.75, 3.05) is 6.54 Å². The Kier molecular flexibility index (Phi) is 4.30. The lowest BCUT2D eigenvalue weighted by Crippen LogP contribution is -2.31. The molecule has 1 fully saturated rings. The van der Waals surface area contributed by atoms with Gasteiger partial charge >= 0.3 is 0 Å². The van der Waals surface area contributed by atoms with Crippen LogP contribution in [0.4, 0.5) is 0 Å². The molecule has 0 saturated heterocycles. The van der Waals surface area contributed by atoms with Crippen LogP contribution in [0.3, 0.4) is 0 Å². The minimum absolute atomic E-state index is 0.0143. The van der Waals surface area contributed by atoms with Gasteiger partial charge in [0.2, 0.25) is 0 Å². The maximum Gasteiger partial charge on any atom is 0.0858 e. The Morgan fingerprint density at radius 1 is 1.26 bits per heavy atom. The Morgan fingerprint density at radius 3 is 2.43 bits per heavy atom. The minimum Gasteiger partial charge on any atom is -0.388 e. The van der Waals surface area contributed by atoms with E-state index in [9.17, 15) is 5.11 Å². The molecular formula is C19H27N3O. The van der Waals surface area contributed by atoms with Gasteiger partial charge in [-0.25, -0.2) is 0 Å². The highest BCUT2D eigenvalue weighted by atomic mass is 16.3. The highest BCUT2D eigenvalue weighted by molar-refractivity contribution is 5.28. The molecule has 0 spiro atoms. The van der Waals surface area contributed by atoms with Crippen LogP contribution in [-0.4, -0.2) is 21.4 Å². The first kappa shape index (κ1) is 16.2. The summed E-state index contributed by atoms with van der Waals surface area (Å²) in [7, 11) is 1.99. The molecule has 0 radical (unpaired) electrons. The van der Waals surface area contributed by atoms with Crippen LogP contribution in [0.15, 0.2) is 30.3 Å². The number of hydrogen-bond donors (Lipinski definition) is 2. The zero-order chi connectivity index (χ0) is 16.6. The van der Waals surface area contributed by atoms with Gasteiger partial charge in [-0.15, -0.1) is 0 Å². The summed E-state index contributed by atoms with van der Waals surface area (Å²) in [5.74, 6) is 0. The van der Waals surface area contributed by atoms with Crippen molar-refractivity contribution in [3.8, 4) is 0 Å². The van der Waals surface area contributed by atoms with Crippen LogP contribution in [0, 0.1) is 19.3 Å². The molecule has 1 saturated carbocycles. The van der Waals surface area contributed by atoms with Gasteiger partial charge in [0.25, 0.3) is 0 Å². The summed E-state index contributed by atoms with van der Waals surface area (Å²) in [6.07, 6.45) is 1.76. The van der Waals surface area contributed by atoms with Crippen LogP contribution < -0.4 is 5.32 Å². The van der Waals surface area contributed by atoms with E-state index in [1.54, 1.807) is 0 Å². The lowest BCUT2D eigenvalue weighted by atomic mass is 9.92. The normalized spacial score (nSPS) is 18.7. The Morgan fingerprint density at radius 2 is 1.91 bits per heavy atom. The third-order valence-electron chi connectivity index (χ3n) is 5.35. The molecule has 0 aliphatic heterocycles. The number of hydrogen-bond acceptors (Lipinski definition) is 3. The molecule has 1 aromatic carbocycles. The molecule has 0 bridgehead atoms. The van der Waals surface area contributed by atoms with E-state index < -0.39 is 0 Å². The van der Waals surface area contributed by atoms with Crippen LogP contribution in [0.25, 0.3) is 0 Å². The topological polar surface area (TPSA) is 50.1 Å². The monoisotopic (exact) mass is 313 g/mol. The van der Waals surface area contributed by atoms with E-state index in [2.05, 4.69) is 31.2 Å². The van der Waals surface area contributed by atoms with Crippen molar-refractivity contribution in [1.82, 2.24) is 15.1 Å². The highest BCUT2D eigenvalue weighted by Gasteiger charge is 2.49. The molecule has 2 atom stereocenters. The summed E-state index contributed by atoms with van der Waals surface area (Å²) in [6, 6.07) is 10.3. The Balaban J connectivity index is 1.68. The summed E-state index contributed by atoms with van der Waals surface area (Å²) in [5.41, 5.74) is 4.57. The standard InChI is InChI=1S/C19H27N3O/c1-13(17-14(2)21-22(4)15(17)3)20-12-19(10-11-19)18(23)16-8-6-5-7-9-16/h5-9,13,18,20,23H,10-12H2,1-4H3. The van der Waals surface area contributed by atoms with Crippen molar-refractivity contribution in [1.29, 1.82) is 0 Å². The molecule has 1 heterocycles. The van der Waals surface area contributed by atoms with Crippen LogP contribution in [-0.2, 0) is 7.05 Å². The van der Waals surface area contributed by atoms with E-state index in [0.29, 0.717) is 0 Å². The maximum absolute atomic E-state index is 10.8. The van der Waals surface area contributed by atoms with Crippen molar-refractivity contribution in [2.45, 2.75) is 45.8 Å². The second-order valence-corrected chi connectivity index (χ2v) is 6.99. The lowest BCUT2D eigenvalue weighted by Gasteiger charge is -2.25. The summed E-state index contributed by atoms with van der Waals surface area (Å²) in [5, 5.41) is 18.9. The fraction of sp³-hybridized carbons (Fsp3) is 0.526. The third-order valence-corrected chi connectivity index (χ3v) is 5.35. The van der Waals surface area contributed by atoms with E-state index in [-0.39, 0.29) is 17.6 Å². The average Bonchev–Trinajstić information content (AvgIpc) is 3.29. The predicted octanol–water partition coefficient (Wildman–Crippen LogP) is 3.20. The number of aliphatic hydroxyl groups excluding tert-OH is 1. The van der Waals surface area contributed by atoms with Gasteiger partial charge in [0.1, 0.15) is 0 Å². The van der Waals surface area contributed by atoms with Crippen molar-refractivity contribution in [3.63, 3.8) is 0 Å². The zero-order valence-corrected chi connectivity index (χ0v) is 14.5. The van der Waals surface area contributed by atoms with Crippen LogP contribution in [0.1, 0.15) is 54.4 Å². The van der Waals surface area contributed by atoms with E-state index in [1.165, 1.54) is 11.3 Å². The molecule has 2 N–H and O–H groups in total. The first-order valence-corrected chi connectivity index (χ1v) is 8.41. The van der Waals surface area contributed by atoms with Gasteiger partial charge in [0.15, 0.2) is 0 Å².